The van der Waals surface area contributed by atoms with Crippen LogP contribution in [0.5, 0.6) is 0 Å². The molecule has 4 heteroatoms. The van der Waals surface area contributed by atoms with Gasteiger partial charge in [0.25, 0.3) is 0 Å². The zero-order valence-corrected chi connectivity index (χ0v) is 7.80. The lowest BCUT2D eigenvalue weighted by atomic mass is 10.4. The summed E-state index contributed by atoms with van der Waals surface area (Å²) < 4.78 is 14.3. The van der Waals surface area contributed by atoms with Gasteiger partial charge in [0, 0.05) is 11.8 Å². The van der Waals surface area contributed by atoms with Gasteiger partial charge < -0.3 is 0 Å². The molecule has 0 bridgehead atoms. The molecule has 1 rings (SSSR count). The maximum Gasteiger partial charge on any atom is 0.126 e. The fourth-order valence-corrected chi connectivity index (χ4v) is 1.11. The van der Waals surface area contributed by atoms with Crippen molar-refractivity contribution in [3.63, 3.8) is 0 Å². The van der Waals surface area contributed by atoms with Crippen molar-refractivity contribution >= 4 is 22.6 Å². The summed E-state index contributed by atoms with van der Waals surface area (Å²) in [4.78, 5) is 0. The van der Waals surface area contributed by atoms with Crippen molar-refractivity contribution in [1.29, 1.82) is 0 Å². The van der Waals surface area contributed by atoms with E-state index in [1.807, 2.05) is 13.1 Å². The standard InChI is InChI=1S/C6H8FIN2/c1-5-4-10(3-2-7)9-6(5)8/h4H,2-3H2,1H3. The molecule has 0 radical (unpaired) electrons. The Morgan fingerprint density at radius 3 is 2.90 bits per heavy atom. The van der Waals surface area contributed by atoms with Crippen LogP contribution in [0.15, 0.2) is 6.20 Å². The smallest absolute Gasteiger partial charge is 0.126 e. The van der Waals surface area contributed by atoms with Gasteiger partial charge in [0.15, 0.2) is 0 Å². The Hall–Kier alpha value is -0.130. The molecule has 0 spiro atoms. The summed E-state index contributed by atoms with van der Waals surface area (Å²) in [6, 6.07) is 0. The molecule has 0 aliphatic carbocycles. The lowest BCUT2D eigenvalue weighted by Crippen LogP contribution is -1.99. The average molecular weight is 254 g/mol. The first kappa shape index (κ1) is 7.97. The summed E-state index contributed by atoms with van der Waals surface area (Å²) in [7, 11) is 0. The molecule has 10 heavy (non-hydrogen) atoms. The van der Waals surface area contributed by atoms with Gasteiger partial charge >= 0.3 is 0 Å². The predicted molar refractivity (Wildman–Crippen MR) is 45.7 cm³/mol. The van der Waals surface area contributed by atoms with E-state index < -0.39 is 0 Å². The van der Waals surface area contributed by atoms with Crippen molar-refractivity contribution in [3.8, 4) is 0 Å². The molecule has 0 aliphatic heterocycles. The van der Waals surface area contributed by atoms with Gasteiger partial charge in [-0.25, -0.2) is 4.39 Å². The van der Waals surface area contributed by atoms with Crippen molar-refractivity contribution in [3.05, 3.63) is 15.5 Å². The molecule has 0 aromatic carbocycles. The van der Waals surface area contributed by atoms with Crippen LogP contribution in [-0.2, 0) is 6.54 Å². The molecule has 0 saturated carbocycles. The van der Waals surface area contributed by atoms with E-state index >= 15 is 0 Å². The fourth-order valence-electron chi connectivity index (χ4n) is 0.698. The Bertz CT molecular complexity index is 202. The van der Waals surface area contributed by atoms with E-state index in [4.69, 9.17) is 0 Å². The fraction of sp³-hybridized carbons (Fsp3) is 0.500. The number of hydrogen-bond donors (Lipinski definition) is 0. The Kier molecular flexibility index (Phi) is 2.64. The van der Waals surface area contributed by atoms with E-state index in [-0.39, 0.29) is 6.67 Å². The van der Waals surface area contributed by atoms with Crippen molar-refractivity contribution in [1.82, 2.24) is 9.78 Å². The Balaban J connectivity index is 2.77. The van der Waals surface area contributed by atoms with Crippen LogP contribution in [0.25, 0.3) is 0 Å². The van der Waals surface area contributed by atoms with Crippen molar-refractivity contribution in [2.45, 2.75) is 13.5 Å². The summed E-state index contributed by atoms with van der Waals surface area (Å²) >= 11 is 2.13. The lowest BCUT2D eigenvalue weighted by Gasteiger charge is -1.91. The van der Waals surface area contributed by atoms with Gasteiger partial charge in [0.05, 0.1) is 6.54 Å². The lowest BCUT2D eigenvalue weighted by molar-refractivity contribution is 0.426. The van der Waals surface area contributed by atoms with E-state index in [0.717, 1.165) is 9.26 Å². The minimum Gasteiger partial charge on any atom is -0.269 e. The highest BCUT2D eigenvalue weighted by atomic mass is 127. The van der Waals surface area contributed by atoms with E-state index in [1.165, 1.54) is 0 Å². The SMILES string of the molecule is Cc1cn(CCF)nc1I. The number of aryl methyl sites for hydroxylation is 2. The van der Waals surface area contributed by atoms with Crippen molar-refractivity contribution in [2.75, 3.05) is 6.67 Å². The average Bonchev–Trinajstić information content (AvgIpc) is 2.14. The first-order valence-corrected chi connectivity index (χ1v) is 4.07. The maximum absolute atomic E-state index is 11.8. The molecular weight excluding hydrogens is 246 g/mol. The second-order valence-corrected chi connectivity index (χ2v) is 3.08. The molecule has 1 aromatic heterocycles. The largest absolute Gasteiger partial charge is 0.269 e. The topological polar surface area (TPSA) is 17.8 Å². The minimum atomic E-state index is -0.350. The zero-order chi connectivity index (χ0) is 7.56. The van der Waals surface area contributed by atoms with Gasteiger partial charge in [-0.15, -0.1) is 0 Å². The van der Waals surface area contributed by atoms with Gasteiger partial charge in [0.1, 0.15) is 10.4 Å². The van der Waals surface area contributed by atoms with Crippen LogP contribution in [0.3, 0.4) is 0 Å². The number of alkyl halides is 1. The van der Waals surface area contributed by atoms with Gasteiger partial charge in [-0.2, -0.15) is 5.10 Å². The molecule has 0 amide bonds. The second-order valence-electron chi connectivity index (χ2n) is 2.05. The number of hydrogen-bond acceptors (Lipinski definition) is 1. The third-order valence-corrected chi connectivity index (χ3v) is 2.26. The normalized spacial score (nSPS) is 10.3. The predicted octanol–water partition coefficient (Wildman–Crippen LogP) is 1.77. The quantitative estimate of drug-likeness (QED) is 0.735. The minimum absolute atomic E-state index is 0.350. The van der Waals surface area contributed by atoms with Gasteiger partial charge in [-0.3, -0.25) is 4.68 Å². The monoisotopic (exact) mass is 254 g/mol. The third kappa shape index (κ3) is 1.68. The van der Waals surface area contributed by atoms with E-state index in [1.54, 1.807) is 4.68 Å². The van der Waals surface area contributed by atoms with Crippen LogP contribution in [0, 0.1) is 10.6 Å². The summed E-state index contributed by atoms with van der Waals surface area (Å²) in [5.74, 6) is 0. The van der Waals surface area contributed by atoms with Crippen LogP contribution in [0.2, 0.25) is 0 Å². The first-order chi connectivity index (χ1) is 4.74. The number of halogens is 2. The van der Waals surface area contributed by atoms with Crippen molar-refractivity contribution < 1.29 is 4.39 Å². The molecule has 0 aliphatic rings. The summed E-state index contributed by atoms with van der Waals surface area (Å²) in [5, 5.41) is 4.06. The Morgan fingerprint density at radius 2 is 2.50 bits per heavy atom. The van der Waals surface area contributed by atoms with Crippen molar-refractivity contribution in [2.24, 2.45) is 0 Å². The number of aromatic nitrogens is 2. The summed E-state index contributed by atoms with van der Waals surface area (Å²) in [5.41, 5.74) is 1.11. The highest BCUT2D eigenvalue weighted by Crippen LogP contribution is 2.07. The molecule has 0 N–H and O–H groups in total. The second kappa shape index (κ2) is 3.32. The van der Waals surface area contributed by atoms with E-state index in [9.17, 15) is 4.39 Å². The van der Waals surface area contributed by atoms with Gasteiger partial charge in [0.2, 0.25) is 0 Å². The molecule has 0 atom stereocenters. The van der Waals surface area contributed by atoms with Gasteiger partial charge in [-0.1, -0.05) is 0 Å². The van der Waals surface area contributed by atoms with Crippen LogP contribution >= 0.6 is 22.6 Å². The van der Waals surface area contributed by atoms with Crippen LogP contribution < -0.4 is 0 Å². The maximum atomic E-state index is 11.8. The summed E-state index contributed by atoms with van der Waals surface area (Å²) in [6.07, 6.45) is 1.85. The van der Waals surface area contributed by atoms with Gasteiger partial charge in [-0.05, 0) is 29.5 Å². The molecule has 56 valence electrons. The molecule has 1 heterocycles. The third-order valence-electron chi connectivity index (χ3n) is 1.20. The highest BCUT2D eigenvalue weighted by Gasteiger charge is 1.99. The Morgan fingerprint density at radius 1 is 1.80 bits per heavy atom. The molecule has 2 nitrogen and oxygen atoms in total. The molecule has 1 aromatic rings. The molecule has 0 unspecified atom stereocenters. The zero-order valence-electron chi connectivity index (χ0n) is 5.64. The molecule has 0 fully saturated rings. The highest BCUT2D eigenvalue weighted by molar-refractivity contribution is 14.1. The Labute approximate surface area is 72.6 Å². The van der Waals surface area contributed by atoms with Crippen LogP contribution in [0.4, 0.5) is 4.39 Å². The number of nitrogens with zero attached hydrogens (tertiary/aromatic N) is 2. The van der Waals surface area contributed by atoms with Crippen LogP contribution in [-0.4, -0.2) is 16.5 Å². The molecule has 0 saturated heterocycles. The van der Waals surface area contributed by atoms with Crippen LogP contribution in [0.1, 0.15) is 5.56 Å². The summed E-state index contributed by atoms with van der Waals surface area (Å²) in [6.45, 7) is 1.98. The molecular formula is C6H8FIN2. The first-order valence-electron chi connectivity index (χ1n) is 2.99. The number of rotatable bonds is 2. The van der Waals surface area contributed by atoms with E-state index in [2.05, 4.69) is 27.7 Å². The van der Waals surface area contributed by atoms with E-state index in [0.29, 0.717) is 6.54 Å².